The highest BCUT2D eigenvalue weighted by atomic mass is 16.3. The summed E-state index contributed by atoms with van der Waals surface area (Å²) >= 11 is 0. The van der Waals surface area contributed by atoms with Gasteiger partial charge in [-0.15, -0.1) is 0 Å². The molecule has 68 heavy (non-hydrogen) atoms. The molecule has 0 fully saturated rings. The summed E-state index contributed by atoms with van der Waals surface area (Å²) in [5.74, 6) is 1.76. The first-order valence-electron chi connectivity index (χ1n) is 22.9. The summed E-state index contributed by atoms with van der Waals surface area (Å²) < 4.78 is 9.36. The fourth-order valence-electron chi connectivity index (χ4n) is 9.65. The van der Waals surface area contributed by atoms with Gasteiger partial charge < -0.3 is 8.98 Å². The van der Waals surface area contributed by atoms with E-state index in [-0.39, 0.29) is 0 Å². The monoisotopic (exact) mass is 868 g/mol. The van der Waals surface area contributed by atoms with Crippen molar-refractivity contribution >= 4 is 43.7 Å². The Hall–Kier alpha value is -9.19. The van der Waals surface area contributed by atoms with E-state index >= 15 is 0 Å². The molecule has 10 aromatic carbocycles. The van der Waals surface area contributed by atoms with Crippen molar-refractivity contribution in [2.75, 3.05) is 0 Å². The Morgan fingerprint density at radius 1 is 0.265 bits per heavy atom. The van der Waals surface area contributed by atoms with E-state index in [0.717, 1.165) is 77.6 Å². The molecule has 3 aromatic heterocycles. The highest BCUT2D eigenvalue weighted by Gasteiger charge is 2.20. The van der Waals surface area contributed by atoms with Gasteiger partial charge in [-0.25, -0.2) is 15.0 Å². The molecule has 5 nitrogen and oxygen atoms in total. The van der Waals surface area contributed by atoms with Gasteiger partial charge in [-0.05, 0) is 87.0 Å². The average molecular weight is 869 g/mol. The lowest BCUT2D eigenvalue weighted by atomic mass is 10.0. The van der Waals surface area contributed by atoms with Crippen LogP contribution in [0.2, 0.25) is 0 Å². The van der Waals surface area contributed by atoms with Crippen LogP contribution in [0.1, 0.15) is 0 Å². The molecule has 0 unspecified atom stereocenters. The van der Waals surface area contributed by atoms with E-state index in [1.54, 1.807) is 0 Å². The molecule has 0 radical (unpaired) electrons. The molecule has 318 valence electrons. The van der Waals surface area contributed by atoms with Crippen LogP contribution < -0.4 is 0 Å². The summed E-state index contributed by atoms with van der Waals surface area (Å²) in [5, 5.41) is 4.42. The molecule has 0 atom stereocenters. The normalized spacial score (nSPS) is 11.5. The van der Waals surface area contributed by atoms with E-state index in [0.29, 0.717) is 17.5 Å². The first-order chi connectivity index (χ1) is 33.7. The summed E-state index contributed by atoms with van der Waals surface area (Å²) in [6.45, 7) is 0. The fourth-order valence-corrected chi connectivity index (χ4v) is 9.65. The second-order valence-electron chi connectivity index (χ2n) is 17.2. The summed E-state index contributed by atoms with van der Waals surface area (Å²) in [7, 11) is 0. The molecule has 0 N–H and O–H groups in total. The zero-order valence-corrected chi connectivity index (χ0v) is 36.8. The number of hydrogen-bond acceptors (Lipinski definition) is 4. The lowest BCUT2D eigenvalue weighted by Crippen LogP contribution is -2.00. The van der Waals surface area contributed by atoms with Crippen LogP contribution in [-0.2, 0) is 0 Å². The zero-order chi connectivity index (χ0) is 45.0. The third-order valence-corrected chi connectivity index (χ3v) is 13.1. The molecule has 13 aromatic rings. The number of para-hydroxylation sites is 1. The third kappa shape index (κ3) is 6.93. The van der Waals surface area contributed by atoms with Crippen LogP contribution >= 0.6 is 0 Å². The van der Waals surface area contributed by atoms with Gasteiger partial charge in [0.1, 0.15) is 5.58 Å². The van der Waals surface area contributed by atoms with Gasteiger partial charge in [0.15, 0.2) is 23.1 Å². The Kier molecular flexibility index (Phi) is 9.43. The highest BCUT2D eigenvalue weighted by Crippen LogP contribution is 2.41. The predicted octanol–water partition coefficient (Wildman–Crippen LogP) is 16.5. The molecule has 0 amide bonds. The maximum atomic E-state index is 7.00. The standard InChI is InChI=1S/C63H40N4O/c1-5-14-41(15-6-1)45-24-28-47(29-25-45)61-64-62(48-30-26-46(27-31-48)42-16-7-2-8-17-42)66-63(65-61)51-32-35-52-53-22-13-23-58(60(53)68-59(52)40-51)67-56-36-33-49(43-18-9-3-10-19-43)38-54(56)55-39-50(34-37-57(55)67)44-20-11-4-12-21-44/h1-40H. The largest absolute Gasteiger partial charge is 0.454 e. The summed E-state index contributed by atoms with van der Waals surface area (Å²) in [4.78, 5) is 15.4. The Morgan fingerprint density at radius 3 is 1.12 bits per heavy atom. The average Bonchev–Trinajstić information content (AvgIpc) is 3.96. The van der Waals surface area contributed by atoms with E-state index in [1.165, 1.54) is 33.0 Å². The van der Waals surface area contributed by atoms with Gasteiger partial charge in [0, 0.05) is 38.2 Å². The molecule has 3 heterocycles. The van der Waals surface area contributed by atoms with Gasteiger partial charge in [-0.1, -0.05) is 200 Å². The van der Waals surface area contributed by atoms with Gasteiger partial charge in [0.2, 0.25) is 0 Å². The van der Waals surface area contributed by atoms with E-state index in [9.17, 15) is 0 Å². The molecule has 0 saturated carbocycles. The minimum absolute atomic E-state index is 0.567. The molecular formula is C63H40N4O. The lowest BCUT2D eigenvalue weighted by molar-refractivity contribution is 0.666. The molecule has 0 bridgehead atoms. The van der Waals surface area contributed by atoms with Crippen LogP contribution in [0.3, 0.4) is 0 Å². The molecule has 5 heteroatoms. The van der Waals surface area contributed by atoms with Crippen molar-refractivity contribution in [3.05, 3.63) is 243 Å². The summed E-state index contributed by atoms with van der Waals surface area (Å²) in [6.07, 6.45) is 0. The first kappa shape index (κ1) is 39.2. The second kappa shape index (κ2) is 16.4. The maximum Gasteiger partial charge on any atom is 0.164 e. The van der Waals surface area contributed by atoms with Crippen LogP contribution in [0.4, 0.5) is 0 Å². The summed E-state index contributed by atoms with van der Waals surface area (Å²) in [5.41, 5.74) is 16.7. The number of aromatic nitrogens is 4. The Labute approximate surface area is 392 Å². The number of rotatable bonds is 8. The van der Waals surface area contributed by atoms with Crippen LogP contribution in [0.25, 0.3) is 128 Å². The van der Waals surface area contributed by atoms with Gasteiger partial charge in [0.05, 0.1) is 16.7 Å². The maximum absolute atomic E-state index is 7.00. The smallest absolute Gasteiger partial charge is 0.164 e. The molecule has 0 aliphatic carbocycles. The Bertz CT molecular complexity index is 3780. The molecule has 13 rings (SSSR count). The minimum Gasteiger partial charge on any atom is -0.454 e. The third-order valence-electron chi connectivity index (χ3n) is 13.1. The predicted molar refractivity (Wildman–Crippen MR) is 279 cm³/mol. The first-order valence-corrected chi connectivity index (χ1v) is 22.9. The van der Waals surface area contributed by atoms with Crippen molar-refractivity contribution in [2.45, 2.75) is 0 Å². The van der Waals surface area contributed by atoms with Gasteiger partial charge in [-0.3, -0.25) is 0 Å². The van der Waals surface area contributed by atoms with Gasteiger partial charge in [-0.2, -0.15) is 0 Å². The Morgan fingerprint density at radius 2 is 0.647 bits per heavy atom. The van der Waals surface area contributed by atoms with Crippen LogP contribution in [-0.4, -0.2) is 19.5 Å². The lowest BCUT2D eigenvalue weighted by Gasteiger charge is -2.10. The molecule has 0 aliphatic rings. The van der Waals surface area contributed by atoms with Crippen molar-refractivity contribution in [3.8, 4) is 84.4 Å². The minimum atomic E-state index is 0.567. The van der Waals surface area contributed by atoms with Crippen molar-refractivity contribution in [2.24, 2.45) is 0 Å². The van der Waals surface area contributed by atoms with E-state index in [1.807, 2.05) is 12.1 Å². The number of nitrogens with zero attached hydrogens (tertiary/aromatic N) is 4. The van der Waals surface area contributed by atoms with E-state index < -0.39 is 0 Å². The molecule has 0 aliphatic heterocycles. The van der Waals surface area contributed by atoms with Crippen molar-refractivity contribution in [1.82, 2.24) is 19.5 Å². The quantitative estimate of drug-likeness (QED) is 0.153. The van der Waals surface area contributed by atoms with Crippen LogP contribution in [0.15, 0.2) is 247 Å². The highest BCUT2D eigenvalue weighted by molar-refractivity contribution is 6.14. The number of fused-ring (bicyclic) bond motifs is 6. The van der Waals surface area contributed by atoms with Crippen molar-refractivity contribution < 1.29 is 4.42 Å². The second-order valence-corrected chi connectivity index (χ2v) is 17.2. The SMILES string of the molecule is c1ccc(-c2ccc(-c3nc(-c4ccc(-c5ccccc5)cc4)nc(-c4ccc5c(c4)oc4c(-n6c7ccc(-c8ccccc8)cc7c7cc(-c8ccccc8)ccc76)cccc45)n3)cc2)cc1. The molecular weight excluding hydrogens is 829 g/mol. The van der Waals surface area contributed by atoms with Gasteiger partial charge >= 0.3 is 0 Å². The zero-order valence-electron chi connectivity index (χ0n) is 36.8. The Balaban J connectivity index is 0.949. The van der Waals surface area contributed by atoms with Crippen LogP contribution in [0.5, 0.6) is 0 Å². The fraction of sp³-hybridized carbons (Fsp3) is 0. The van der Waals surface area contributed by atoms with Crippen molar-refractivity contribution in [3.63, 3.8) is 0 Å². The topological polar surface area (TPSA) is 56.7 Å². The number of benzene rings is 10. The number of hydrogen-bond donors (Lipinski definition) is 0. The molecule has 0 saturated heterocycles. The van der Waals surface area contributed by atoms with E-state index in [4.69, 9.17) is 19.4 Å². The van der Waals surface area contributed by atoms with E-state index in [2.05, 4.69) is 235 Å². The van der Waals surface area contributed by atoms with Crippen molar-refractivity contribution in [1.29, 1.82) is 0 Å². The van der Waals surface area contributed by atoms with Gasteiger partial charge in [0.25, 0.3) is 0 Å². The summed E-state index contributed by atoms with van der Waals surface area (Å²) in [6, 6.07) is 85.2. The molecule has 0 spiro atoms. The van der Waals surface area contributed by atoms with Crippen LogP contribution in [0, 0.1) is 0 Å². The number of furan rings is 1.